The Labute approximate surface area is 143 Å². The Bertz CT molecular complexity index is 732. The highest BCUT2D eigenvalue weighted by Gasteiger charge is 2.09. The van der Waals surface area contributed by atoms with Gasteiger partial charge in [-0.2, -0.15) is 4.98 Å². The van der Waals surface area contributed by atoms with Gasteiger partial charge in [0.25, 0.3) is 5.89 Å². The highest BCUT2D eigenvalue weighted by atomic mass is 16.5. The van der Waals surface area contributed by atoms with Crippen molar-refractivity contribution < 1.29 is 4.52 Å². The average molecular weight is 320 g/mol. The first kappa shape index (κ1) is 16.4. The van der Waals surface area contributed by atoms with Gasteiger partial charge in [-0.25, -0.2) is 0 Å². The summed E-state index contributed by atoms with van der Waals surface area (Å²) in [5.74, 6) is 1.32. The van der Waals surface area contributed by atoms with Gasteiger partial charge in [0.05, 0.1) is 0 Å². The van der Waals surface area contributed by atoms with Gasteiger partial charge in [-0.1, -0.05) is 73.8 Å². The number of benzene rings is 2. The Balaban J connectivity index is 1.60. The summed E-state index contributed by atoms with van der Waals surface area (Å²) in [6.07, 6.45) is 7.01. The number of aromatic nitrogens is 2. The lowest BCUT2D eigenvalue weighted by atomic mass is 10.0. The van der Waals surface area contributed by atoms with Gasteiger partial charge in [0.15, 0.2) is 5.82 Å². The summed E-state index contributed by atoms with van der Waals surface area (Å²) in [7, 11) is 0. The summed E-state index contributed by atoms with van der Waals surface area (Å²) in [5, 5.41) is 4.09. The first-order valence-corrected chi connectivity index (χ1v) is 8.81. The Hall–Kier alpha value is -2.42. The molecule has 0 unspecified atom stereocenters. The molecular formula is C21H24N2O. The van der Waals surface area contributed by atoms with Crippen LogP contribution in [-0.4, -0.2) is 10.1 Å². The van der Waals surface area contributed by atoms with Crippen molar-refractivity contribution in [2.24, 2.45) is 0 Å². The quantitative estimate of drug-likeness (QED) is 0.518. The molecule has 0 aliphatic carbocycles. The first-order valence-electron chi connectivity index (χ1n) is 8.81. The van der Waals surface area contributed by atoms with Gasteiger partial charge in [-0.3, -0.25) is 0 Å². The van der Waals surface area contributed by atoms with Crippen molar-refractivity contribution in [2.75, 3.05) is 0 Å². The molecule has 0 aliphatic heterocycles. The van der Waals surface area contributed by atoms with E-state index in [1.807, 2.05) is 18.2 Å². The largest absolute Gasteiger partial charge is 0.334 e. The first-order chi connectivity index (χ1) is 11.8. The van der Waals surface area contributed by atoms with E-state index in [0.717, 1.165) is 17.8 Å². The standard InChI is InChI=1S/C21H24N2O/c1-2-3-4-6-9-17-12-14-19(15-13-17)21-22-20(23-24-21)16-18-10-7-5-8-11-18/h5,7-8,10-15H,2-4,6,9,16H2,1H3. The van der Waals surface area contributed by atoms with Gasteiger partial charge in [-0.15, -0.1) is 0 Å². The molecular weight excluding hydrogens is 296 g/mol. The fourth-order valence-corrected chi connectivity index (χ4v) is 2.79. The topological polar surface area (TPSA) is 38.9 Å². The smallest absolute Gasteiger partial charge is 0.257 e. The lowest BCUT2D eigenvalue weighted by molar-refractivity contribution is 0.424. The summed E-state index contributed by atoms with van der Waals surface area (Å²) < 4.78 is 5.41. The Morgan fingerprint density at radius 2 is 1.62 bits per heavy atom. The minimum Gasteiger partial charge on any atom is -0.334 e. The second-order valence-electron chi connectivity index (χ2n) is 6.19. The number of hydrogen-bond acceptors (Lipinski definition) is 3. The van der Waals surface area contributed by atoms with Crippen molar-refractivity contribution in [1.29, 1.82) is 0 Å². The van der Waals surface area contributed by atoms with E-state index in [-0.39, 0.29) is 0 Å². The average Bonchev–Trinajstić information content (AvgIpc) is 3.09. The van der Waals surface area contributed by atoms with E-state index in [1.165, 1.54) is 36.8 Å². The summed E-state index contributed by atoms with van der Waals surface area (Å²) >= 11 is 0. The van der Waals surface area contributed by atoms with Gasteiger partial charge in [0.1, 0.15) is 0 Å². The minimum atomic E-state index is 0.596. The number of aryl methyl sites for hydroxylation is 1. The van der Waals surface area contributed by atoms with E-state index in [9.17, 15) is 0 Å². The number of nitrogens with zero attached hydrogens (tertiary/aromatic N) is 2. The molecule has 0 atom stereocenters. The summed E-state index contributed by atoms with van der Waals surface area (Å²) in [6.45, 7) is 2.24. The third-order valence-electron chi connectivity index (χ3n) is 4.19. The molecule has 24 heavy (non-hydrogen) atoms. The van der Waals surface area contributed by atoms with Gasteiger partial charge in [0, 0.05) is 12.0 Å². The van der Waals surface area contributed by atoms with Gasteiger partial charge in [0.2, 0.25) is 0 Å². The fraction of sp³-hybridized carbons (Fsp3) is 0.333. The van der Waals surface area contributed by atoms with Crippen molar-refractivity contribution in [3.05, 3.63) is 71.5 Å². The maximum Gasteiger partial charge on any atom is 0.257 e. The lowest BCUT2D eigenvalue weighted by Crippen LogP contribution is -1.90. The summed E-state index contributed by atoms with van der Waals surface area (Å²) in [6, 6.07) is 18.7. The molecule has 0 amide bonds. The van der Waals surface area contributed by atoms with Crippen molar-refractivity contribution in [1.82, 2.24) is 10.1 Å². The molecule has 0 saturated carbocycles. The Morgan fingerprint density at radius 1 is 0.833 bits per heavy atom. The minimum absolute atomic E-state index is 0.596. The van der Waals surface area contributed by atoms with Crippen LogP contribution >= 0.6 is 0 Å². The fourth-order valence-electron chi connectivity index (χ4n) is 2.79. The molecule has 3 rings (SSSR count). The predicted octanol–water partition coefficient (Wildman–Crippen LogP) is 5.45. The van der Waals surface area contributed by atoms with Crippen LogP contribution in [0.15, 0.2) is 59.1 Å². The monoisotopic (exact) mass is 320 g/mol. The molecule has 124 valence electrons. The van der Waals surface area contributed by atoms with Crippen molar-refractivity contribution in [3.63, 3.8) is 0 Å². The predicted molar refractivity (Wildman–Crippen MR) is 96.8 cm³/mol. The molecule has 3 heteroatoms. The molecule has 1 heterocycles. The van der Waals surface area contributed by atoms with Crippen molar-refractivity contribution in [3.8, 4) is 11.5 Å². The molecule has 0 fully saturated rings. The second-order valence-corrected chi connectivity index (χ2v) is 6.19. The van der Waals surface area contributed by atoms with Crippen LogP contribution in [-0.2, 0) is 12.8 Å². The van der Waals surface area contributed by atoms with Crippen LogP contribution in [0.3, 0.4) is 0 Å². The van der Waals surface area contributed by atoms with Crippen LogP contribution in [0.1, 0.15) is 49.6 Å². The van der Waals surface area contributed by atoms with E-state index in [0.29, 0.717) is 12.3 Å². The van der Waals surface area contributed by atoms with Crippen LogP contribution in [0.4, 0.5) is 0 Å². The van der Waals surface area contributed by atoms with Crippen molar-refractivity contribution in [2.45, 2.75) is 45.4 Å². The molecule has 0 saturated heterocycles. The van der Waals surface area contributed by atoms with Crippen LogP contribution in [0.5, 0.6) is 0 Å². The molecule has 3 nitrogen and oxygen atoms in total. The maximum absolute atomic E-state index is 5.41. The molecule has 0 spiro atoms. The lowest BCUT2D eigenvalue weighted by Gasteiger charge is -2.02. The molecule has 3 aromatic rings. The Kier molecular flexibility index (Phi) is 5.78. The highest BCUT2D eigenvalue weighted by Crippen LogP contribution is 2.19. The summed E-state index contributed by atoms with van der Waals surface area (Å²) in [5.41, 5.74) is 3.55. The van der Waals surface area contributed by atoms with Crippen LogP contribution < -0.4 is 0 Å². The van der Waals surface area contributed by atoms with Crippen LogP contribution in [0.2, 0.25) is 0 Å². The van der Waals surface area contributed by atoms with Gasteiger partial charge >= 0.3 is 0 Å². The third-order valence-corrected chi connectivity index (χ3v) is 4.19. The van der Waals surface area contributed by atoms with Gasteiger partial charge in [-0.05, 0) is 36.1 Å². The van der Waals surface area contributed by atoms with Crippen LogP contribution in [0.25, 0.3) is 11.5 Å². The second kappa shape index (κ2) is 8.44. The number of hydrogen-bond donors (Lipinski definition) is 0. The van der Waals surface area contributed by atoms with E-state index < -0.39 is 0 Å². The van der Waals surface area contributed by atoms with E-state index in [4.69, 9.17) is 4.52 Å². The molecule has 0 bridgehead atoms. The SMILES string of the molecule is CCCCCCc1ccc(-c2nc(Cc3ccccc3)no2)cc1. The Morgan fingerprint density at radius 3 is 2.38 bits per heavy atom. The van der Waals surface area contributed by atoms with E-state index in [1.54, 1.807) is 0 Å². The van der Waals surface area contributed by atoms with Crippen molar-refractivity contribution >= 4 is 0 Å². The summed E-state index contributed by atoms with van der Waals surface area (Å²) in [4.78, 5) is 4.51. The third kappa shape index (κ3) is 4.54. The van der Waals surface area contributed by atoms with E-state index >= 15 is 0 Å². The van der Waals surface area contributed by atoms with E-state index in [2.05, 4.69) is 53.5 Å². The molecule has 0 radical (unpaired) electrons. The molecule has 0 N–H and O–H groups in total. The zero-order valence-corrected chi connectivity index (χ0v) is 14.2. The number of rotatable bonds is 8. The highest BCUT2D eigenvalue weighted by molar-refractivity contribution is 5.53. The zero-order chi connectivity index (χ0) is 16.6. The van der Waals surface area contributed by atoms with Gasteiger partial charge < -0.3 is 4.52 Å². The zero-order valence-electron chi connectivity index (χ0n) is 14.2. The normalized spacial score (nSPS) is 10.9. The number of unbranched alkanes of at least 4 members (excludes halogenated alkanes) is 3. The molecule has 0 aliphatic rings. The maximum atomic E-state index is 5.41. The molecule has 1 aromatic heterocycles. The molecule has 2 aromatic carbocycles. The van der Waals surface area contributed by atoms with Crippen LogP contribution in [0, 0.1) is 0 Å².